The summed E-state index contributed by atoms with van der Waals surface area (Å²) in [5, 5.41) is 11.7. The smallest absolute Gasteiger partial charge is 0.360 e. The highest BCUT2D eigenvalue weighted by atomic mass is 19.1. The summed E-state index contributed by atoms with van der Waals surface area (Å²) in [6.07, 6.45) is 0. The molecule has 0 spiro atoms. The minimum absolute atomic E-state index is 0.00385. The number of esters is 1. The number of halogens is 1. The molecule has 0 amide bonds. The fourth-order valence-electron chi connectivity index (χ4n) is 2.72. The monoisotopic (exact) mass is 429 g/mol. The van der Waals surface area contributed by atoms with E-state index in [1.807, 2.05) is 0 Å². The van der Waals surface area contributed by atoms with Crippen LogP contribution in [-0.2, 0) is 30.7 Å². The number of benzene rings is 2. The highest BCUT2D eigenvalue weighted by Gasteiger charge is 2.19. The number of ether oxygens (including phenoxy) is 1. The van der Waals surface area contributed by atoms with Crippen molar-refractivity contribution in [3.8, 4) is 0 Å². The second kappa shape index (κ2) is 11.4. The van der Waals surface area contributed by atoms with Crippen molar-refractivity contribution in [1.29, 1.82) is 0 Å². The number of oxime groups is 3. The molecule has 0 aromatic heterocycles. The Morgan fingerprint density at radius 1 is 0.935 bits per heavy atom. The number of rotatable bonds is 9. The lowest BCUT2D eigenvalue weighted by Gasteiger charge is -2.10. The van der Waals surface area contributed by atoms with Crippen molar-refractivity contribution in [2.45, 2.75) is 20.5 Å². The van der Waals surface area contributed by atoms with Gasteiger partial charge in [-0.15, -0.1) is 0 Å². The van der Waals surface area contributed by atoms with Crippen LogP contribution in [0.1, 0.15) is 29.2 Å². The molecule has 9 heteroatoms. The number of aryl methyl sites for hydroxylation is 1. The molecular formula is C22H24FN3O5. The Kier molecular flexibility index (Phi) is 8.68. The molecule has 0 radical (unpaired) electrons. The largest absolute Gasteiger partial charge is 0.464 e. The molecule has 2 aromatic carbocycles. The first-order chi connectivity index (χ1) is 14.9. The maximum atomic E-state index is 14.4. The van der Waals surface area contributed by atoms with E-state index in [0.29, 0.717) is 16.8 Å². The Bertz CT molecular complexity index is 1020. The van der Waals surface area contributed by atoms with Gasteiger partial charge in [0, 0.05) is 16.7 Å². The van der Waals surface area contributed by atoms with Crippen molar-refractivity contribution in [2.75, 3.05) is 21.3 Å². The molecule has 0 saturated heterocycles. The van der Waals surface area contributed by atoms with Gasteiger partial charge in [0.25, 0.3) is 0 Å². The van der Waals surface area contributed by atoms with Crippen LogP contribution in [0.5, 0.6) is 0 Å². The molecule has 164 valence electrons. The van der Waals surface area contributed by atoms with Crippen LogP contribution in [0.15, 0.2) is 57.9 Å². The summed E-state index contributed by atoms with van der Waals surface area (Å²) in [5.41, 5.74) is 2.60. The van der Waals surface area contributed by atoms with Crippen molar-refractivity contribution in [1.82, 2.24) is 0 Å². The van der Waals surface area contributed by atoms with E-state index in [4.69, 9.17) is 19.2 Å². The zero-order chi connectivity index (χ0) is 22.8. The molecule has 0 fully saturated rings. The fraction of sp³-hybridized carbons (Fsp3) is 0.273. The van der Waals surface area contributed by atoms with Crippen LogP contribution in [0.2, 0.25) is 0 Å². The molecule has 0 bridgehead atoms. The van der Waals surface area contributed by atoms with Crippen molar-refractivity contribution in [3.05, 3.63) is 70.5 Å². The number of nitrogens with zero attached hydrogens (tertiary/aromatic N) is 3. The average Bonchev–Trinajstić information content (AvgIpc) is 2.76. The van der Waals surface area contributed by atoms with Gasteiger partial charge >= 0.3 is 5.97 Å². The van der Waals surface area contributed by atoms with Crippen LogP contribution < -0.4 is 0 Å². The molecule has 0 saturated carbocycles. The second-order valence-corrected chi connectivity index (χ2v) is 6.33. The van der Waals surface area contributed by atoms with Crippen molar-refractivity contribution >= 4 is 23.1 Å². The lowest BCUT2D eigenvalue weighted by Crippen LogP contribution is -2.19. The van der Waals surface area contributed by atoms with Crippen LogP contribution in [0.3, 0.4) is 0 Å². The summed E-state index contributed by atoms with van der Waals surface area (Å²) < 4.78 is 19.2. The second-order valence-electron chi connectivity index (χ2n) is 6.33. The molecule has 0 heterocycles. The molecular weight excluding hydrogens is 405 g/mol. The number of hydrogen-bond donors (Lipinski definition) is 0. The number of carbonyl (C=O) groups is 1. The molecule has 0 aliphatic carbocycles. The van der Waals surface area contributed by atoms with Crippen molar-refractivity contribution < 1.29 is 28.4 Å². The summed E-state index contributed by atoms with van der Waals surface area (Å²) >= 11 is 0. The van der Waals surface area contributed by atoms with Crippen LogP contribution >= 0.6 is 0 Å². The van der Waals surface area contributed by atoms with Gasteiger partial charge in [0.05, 0.1) is 7.11 Å². The SMILES string of the molecule is CON=C(C(C)=NOCc1ccccc1C(=NOC)C(=O)OC)c1ccc(C)cc1F. The van der Waals surface area contributed by atoms with E-state index in [-0.39, 0.29) is 23.6 Å². The summed E-state index contributed by atoms with van der Waals surface area (Å²) in [5.74, 6) is -1.10. The minimum Gasteiger partial charge on any atom is -0.464 e. The van der Waals surface area contributed by atoms with Gasteiger partial charge < -0.3 is 19.2 Å². The Balaban J connectivity index is 2.28. The van der Waals surface area contributed by atoms with Crippen LogP contribution in [0.25, 0.3) is 0 Å². The summed E-state index contributed by atoms with van der Waals surface area (Å²) in [6.45, 7) is 3.41. The maximum Gasteiger partial charge on any atom is 0.360 e. The van der Waals surface area contributed by atoms with Gasteiger partial charge in [0.2, 0.25) is 0 Å². The highest BCUT2D eigenvalue weighted by Crippen LogP contribution is 2.15. The lowest BCUT2D eigenvalue weighted by atomic mass is 10.0. The van der Waals surface area contributed by atoms with Crippen molar-refractivity contribution in [3.63, 3.8) is 0 Å². The van der Waals surface area contributed by atoms with E-state index in [0.717, 1.165) is 5.56 Å². The maximum absolute atomic E-state index is 14.4. The average molecular weight is 429 g/mol. The topological polar surface area (TPSA) is 91.1 Å². The molecule has 0 atom stereocenters. The molecule has 2 rings (SSSR count). The third-order valence-electron chi connectivity index (χ3n) is 4.16. The Labute approximate surface area is 179 Å². The first-order valence-corrected chi connectivity index (χ1v) is 9.25. The Morgan fingerprint density at radius 3 is 2.26 bits per heavy atom. The first-order valence-electron chi connectivity index (χ1n) is 9.25. The third-order valence-corrected chi connectivity index (χ3v) is 4.16. The zero-order valence-electron chi connectivity index (χ0n) is 18.0. The van der Waals surface area contributed by atoms with Gasteiger partial charge in [-0.1, -0.05) is 45.8 Å². The zero-order valence-corrected chi connectivity index (χ0v) is 18.0. The Morgan fingerprint density at radius 2 is 1.61 bits per heavy atom. The highest BCUT2D eigenvalue weighted by molar-refractivity contribution is 6.47. The molecule has 8 nitrogen and oxygen atoms in total. The van der Waals surface area contributed by atoms with Gasteiger partial charge in [-0.05, 0) is 31.5 Å². The van der Waals surface area contributed by atoms with Gasteiger partial charge in [-0.2, -0.15) is 0 Å². The Hall–Kier alpha value is -3.75. The quantitative estimate of drug-likeness (QED) is 0.345. The van der Waals surface area contributed by atoms with E-state index in [9.17, 15) is 9.18 Å². The molecule has 0 aliphatic rings. The van der Waals surface area contributed by atoms with E-state index in [2.05, 4.69) is 15.5 Å². The summed E-state index contributed by atoms with van der Waals surface area (Å²) in [6, 6.07) is 11.7. The summed E-state index contributed by atoms with van der Waals surface area (Å²) in [7, 11) is 3.94. The third kappa shape index (κ3) is 6.11. The van der Waals surface area contributed by atoms with E-state index in [1.54, 1.807) is 50.2 Å². The molecule has 0 unspecified atom stereocenters. The number of methoxy groups -OCH3 is 1. The first kappa shape index (κ1) is 23.5. The van der Waals surface area contributed by atoms with E-state index < -0.39 is 11.8 Å². The minimum atomic E-state index is -0.654. The number of carbonyl (C=O) groups excluding carboxylic acids is 1. The lowest BCUT2D eigenvalue weighted by molar-refractivity contribution is -0.132. The van der Waals surface area contributed by atoms with E-state index in [1.165, 1.54) is 27.4 Å². The molecule has 0 N–H and O–H groups in total. The van der Waals surface area contributed by atoms with Gasteiger partial charge in [0.15, 0.2) is 5.71 Å². The van der Waals surface area contributed by atoms with Crippen LogP contribution in [0, 0.1) is 12.7 Å². The predicted molar refractivity (Wildman–Crippen MR) is 115 cm³/mol. The molecule has 0 aliphatic heterocycles. The molecule has 31 heavy (non-hydrogen) atoms. The van der Waals surface area contributed by atoms with E-state index >= 15 is 0 Å². The van der Waals surface area contributed by atoms with Crippen LogP contribution in [-0.4, -0.2) is 44.4 Å². The summed E-state index contributed by atoms with van der Waals surface area (Å²) in [4.78, 5) is 27.1. The molecule has 2 aromatic rings. The predicted octanol–water partition coefficient (Wildman–Crippen LogP) is 3.60. The van der Waals surface area contributed by atoms with Crippen molar-refractivity contribution in [2.24, 2.45) is 15.5 Å². The van der Waals surface area contributed by atoms with Gasteiger partial charge in [-0.3, -0.25) is 0 Å². The number of hydrogen-bond acceptors (Lipinski definition) is 8. The standard InChI is InChI=1S/C22H24FN3O5/c1-14-10-11-18(19(23)12-14)20(25-29-4)15(2)24-31-13-16-8-6-7-9-17(16)21(26-30-5)22(27)28-3/h6-12H,13H2,1-5H3. The fourth-order valence-corrected chi connectivity index (χ4v) is 2.72. The normalized spacial score (nSPS) is 12.4. The van der Waals surface area contributed by atoms with Gasteiger partial charge in [-0.25, -0.2) is 9.18 Å². The van der Waals surface area contributed by atoms with Gasteiger partial charge in [0.1, 0.15) is 38.1 Å². The van der Waals surface area contributed by atoms with Crippen LogP contribution in [0.4, 0.5) is 4.39 Å².